The van der Waals surface area contributed by atoms with Crippen molar-refractivity contribution >= 4 is 11.6 Å². The summed E-state index contributed by atoms with van der Waals surface area (Å²) in [6, 6.07) is 7.69. The molecule has 4 nitrogen and oxygen atoms in total. The largest absolute Gasteiger partial charge is 0.395 e. The maximum absolute atomic E-state index is 11.7. The van der Waals surface area contributed by atoms with Crippen molar-refractivity contribution in [1.82, 2.24) is 5.32 Å². The van der Waals surface area contributed by atoms with Crippen LogP contribution in [0, 0.1) is 0 Å². The van der Waals surface area contributed by atoms with Gasteiger partial charge in [0.2, 0.25) is 0 Å². The molecule has 18 heavy (non-hydrogen) atoms. The van der Waals surface area contributed by atoms with Crippen LogP contribution in [0.2, 0.25) is 0 Å². The van der Waals surface area contributed by atoms with Crippen molar-refractivity contribution in [3.05, 3.63) is 29.8 Å². The Kier molecular flexibility index (Phi) is 4.59. The summed E-state index contributed by atoms with van der Waals surface area (Å²) >= 11 is 0. The molecule has 1 fully saturated rings. The predicted octanol–water partition coefficient (Wildman–Crippen LogP) is 1.40. The Balaban J connectivity index is 1.98. The lowest BCUT2D eigenvalue weighted by Crippen LogP contribution is -2.29. The Morgan fingerprint density at radius 3 is 2.44 bits per heavy atom. The summed E-state index contributed by atoms with van der Waals surface area (Å²) in [6.45, 7) is 2.48. The van der Waals surface area contributed by atoms with Crippen molar-refractivity contribution in [2.24, 2.45) is 0 Å². The van der Waals surface area contributed by atoms with Crippen LogP contribution in [0.15, 0.2) is 24.3 Å². The average molecular weight is 248 g/mol. The third-order valence-corrected chi connectivity index (χ3v) is 3.25. The molecule has 1 aliphatic rings. The molecule has 1 heterocycles. The fourth-order valence-corrected chi connectivity index (χ4v) is 2.25. The van der Waals surface area contributed by atoms with E-state index in [9.17, 15) is 4.79 Å². The Hall–Kier alpha value is -1.55. The second kappa shape index (κ2) is 6.40. The number of nitrogens with zero attached hydrogens (tertiary/aromatic N) is 1. The Morgan fingerprint density at radius 1 is 1.17 bits per heavy atom. The first-order chi connectivity index (χ1) is 8.81. The average Bonchev–Trinajstić information content (AvgIpc) is 2.46. The zero-order valence-corrected chi connectivity index (χ0v) is 10.6. The van der Waals surface area contributed by atoms with Gasteiger partial charge in [0.25, 0.3) is 5.91 Å². The minimum atomic E-state index is -0.130. The van der Waals surface area contributed by atoms with E-state index in [1.54, 1.807) is 0 Å². The summed E-state index contributed by atoms with van der Waals surface area (Å²) in [6.07, 6.45) is 3.82. The van der Waals surface area contributed by atoms with Crippen molar-refractivity contribution < 1.29 is 9.90 Å². The lowest BCUT2D eigenvalue weighted by molar-refractivity contribution is 0.0945. The monoisotopic (exact) mass is 248 g/mol. The maximum Gasteiger partial charge on any atom is 0.251 e. The van der Waals surface area contributed by atoms with Crippen LogP contribution < -0.4 is 10.2 Å². The molecule has 0 aromatic heterocycles. The number of benzene rings is 1. The molecule has 1 aromatic rings. The third kappa shape index (κ3) is 3.23. The molecule has 4 heteroatoms. The van der Waals surface area contributed by atoms with Gasteiger partial charge in [-0.15, -0.1) is 0 Å². The molecule has 2 rings (SSSR count). The molecule has 1 aliphatic heterocycles. The number of carbonyl (C=O) groups is 1. The van der Waals surface area contributed by atoms with E-state index in [4.69, 9.17) is 5.11 Å². The number of aliphatic hydroxyl groups excluding tert-OH is 1. The Bertz CT molecular complexity index is 383. The maximum atomic E-state index is 11.7. The zero-order valence-electron chi connectivity index (χ0n) is 10.6. The number of hydrogen-bond acceptors (Lipinski definition) is 3. The number of anilines is 1. The van der Waals surface area contributed by atoms with E-state index in [0.29, 0.717) is 12.1 Å². The second-order valence-electron chi connectivity index (χ2n) is 4.57. The summed E-state index contributed by atoms with van der Waals surface area (Å²) in [5.74, 6) is -0.130. The van der Waals surface area contributed by atoms with Crippen LogP contribution in [0.1, 0.15) is 29.6 Å². The molecule has 0 saturated carbocycles. The normalized spacial score (nSPS) is 15.5. The molecule has 1 saturated heterocycles. The van der Waals surface area contributed by atoms with Gasteiger partial charge in [-0.05, 0) is 43.5 Å². The van der Waals surface area contributed by atoms with Crippen molar-refractivity contribution in [1.29, 1.82) is 0 Å². The van der Waals surface area contributed by atoms with Gasteiger partial charge in [-0.3, -0.25) is 4.79 Å². The number of amides is 1. The van der Waals surface area contributed by atoms with E-state index in [1.807, 2.05) is 24.3 Å². The quantitative estimate of drug-likeness (QED) is 0.847. The van der Waals surface area contributed by atoms with Crippen molar-refractivity contribution in [2.45, 2.75) is 19.3 Å². The molecule has 1 amide bonds. The highest BCUT2D eigenvalue weighted by molar-refractivity contribution is 5.94. The standard InChI is InChI=1S/C14H20N2O2/c17-11-8-15-14(18)12-4-6-13(7-5-12)16-9-2-1-3-10-16/h4-7,17H,1-3,8-11H2,(H,15,18). The van der Waals surface area contributed by atoms with Gasteiger partial charge in [-0.2, -0.15) is 0 Å². The number of hydrogen-bond donors (Lipinski definition) is 2. The second-order valence-corrected chi connectivity index (χ2v) is 4.57. The molecule has 0 unspecified atom stereocenters. The number of carbonyl (C=O) groups excluding carboxylic acids is 1. The molecule has 1 aromatic carbocycles. The van der Waals surface area contributed by atoms with Gasteiger partial charge in [-0.1, -0.05) is 0 Å². The van der Waals surface area contributed by atoms with E-state index in [1.165, 1.54) is 24.9 Å². The first-order valence-electron chi connectivity index (χ1n) is 6.55. The summed E-state index contributed by atoms with van der Waals surface area (Å²) in [5, 5.41) is 11.3. The molecule has 98 valence electrons. The topological polar surface area (TPSA) is 52.6 Å². The number of piperidine rings is 1. The van der Waals surface area contributed by atoms with E-state index in [2.05, 4.69) is 10.2 Å². The SMILES string of the molecule is O=C(NCCO)c1ccc(N2CCCCC2)cc1. The van der Waals surface area contributed by atoms with Gasteiger partial charge in [0.15, 0.2) is 0 Å². The lowest BCUT2D eigenvalue weighted by Gasteiger charge is -2.28. The van der Waals surface area contributed by atoms with Gasteiger partial charge in [-0.25, -0.2) is 0 Å². The summed E-state index contributed by atoms with van der Waals surface area (Å²) < 4.78 is 0. The van der Waals surface area contributed by atoms with Gasteiger partial charge in [0.1, 0.15) is 0 Å². The number of rotatable bonds is 4. The minimum Gasteiger partial charge on any atom is -0.395 e. The Morgan fingerprint density at radius 2 is 1.83 bits per heavy atom. The molecule has 0 bridgehead atoms. The first-order valence-corrected chi connectivity index (χ1v) is 6.55. The van der Waals surface area contributed by atoms with Crippen molar-refractivity contribution in [3.8, 4) is 0 Å². The fraction of sp³-hybridized carbons (Fsp3) is 0.500. The van der Waals surface area contributed by atoms with Crippen LogP contribution in [-0.4, -0.2) is 37.3 Å². The van der Waals surface area contributed by atoms with Gasteiger partial charge in [0, 0.05) is 30.9 Å². The predicted molar refractivity (Wildman–Crippen MR) is 71.9 cm³/mol. The van der Waals surface area contributed by atoms with Crippen molar-refractivity contribution in [3.63, 3.8) is 0 Å². The van der Waals surface area contributed by atoms with E-state index in [-0.39, 0.29) is 12.5 Å². The van der Waals surface area contributed by atoms with Crippen LogP contribution in [0.4, 0.5) is 5.69 Å². The molecular formula is C14H20N2O2. The number of aliphatic hydroxyl groups is 1. The highest BCUT2D eigenvalue weighted by Gasteiger charge is 2.11. The molecule has 0 atom stereocenters. The third-order valence-electron chi connectivity index (χ3n) is 3.25. The lowest BCUT2D eigenvalue weighted by atomic mass is 10.1. The minimum absolute atomic E-state index is 0.0302. The highest BCUT2D eigenvalue weighted by Crippen LogP contribution is 2.20. The van der Waals surface area contributed by atoms with Gasteiger partial charge >= 0.3 is 0 Å². The van der Waals surface area contributed by atoms with Crippen LogP contribution in [0.5, 0.6) is 0 Å². The zero-order chi connectivity index (χ0) is 12.8. The van der Waals surface area contributed by atoms with Crippen LogP contribution in [0.3, 0.4) is 0 Å². The van der Waals surface area contributed by atoms with E-state index < -0.39 is 0 Å². The van der Waals surface area contributed by atoms with Crippen molar-refractivity contribution in [2.75, 3.05) is 31.1 Å². The van der Waals surface area contributed by atoms with Crippen LogP contribution in [-0.2, 0) is 0 Å². The summed E-state index contributed by atoms with van der Waals surface area (Å²) in [4.78, 5) is 14.0. The number of nitrogens with one attached hydrogen (secondary N) is 1. The summed E-state index contributed by atoms with van der Waals surface area (Å²) in [7, 11) is 0. The van der Waals surface area contributed by atoms with Crippen LogP contribution >= 0.6 is 0 Å². The molecule has 0 aliphatic carbocycles. The first kappa shape index (κ1) is 12.9. The smallest absolute Gasteiger partial charge is 0.251 e. The molecule has 2 N–H and O–H groups in total. The molecule has 0 radical (unpaired) electrons. The molecular weight excluding hydrogens is 228 g/mol. The van der Waals surface area contributed by atoms with Crippen LogP contribution in [0.25, 0.3) is 0 Å². The van der Waals surface area contributed by atoms with Gasteiger partial charge in [0.05, 0.1) is 6.61 Å². The summed E-state index contributed by atoms with van der Waals surface area (Å²) in [5.41, 5.74) is 1.83. The van der Waals surface area contributed by atoms with E-state index in [0.717, 1.165) is 13.1 Å². The molecule has 0 spiro atoms. The Labute approximate surface area is 108 Å². The fourth-order valence-electron chi connectivity index (χ4n) is 2.25. The van der Waals surface area contributed by atoms with E-state index >= 15 is 0 Å². The van der Waals surface area contributed by atoms with Gasteiger partial charge < -0.3 is 15.3 Å². The highest BCUT2D eigenvalue weighted by atomic mass is 16.3.